The van der Waals surface area contributed by atoms with E-state index in [1.165, 1.54) is 18.3 Å². The molecule has 3 aromatic rings. The van der Waals surface area contributed by atoms with Crippen LogP contribution in [0, 0.1) is 11.3 Å². The standard InChI is InChI=1S/C15H10N4O2/c16-8-11-9-18-19(15(11)17)14(20)6-5-12-7-10-3-1-2-4-13(10)21-12/h1-7,9H,17H2/b6-5+. The van der Waals surface area contributed by atoms with E-state index in [4.69, 9.17) is 15.4 Å². The van der Waals surface area contributed by atoms with Crippen LogP contribution in [0.15, 0.2) is 47.0 Å². The normalized spacial score (nSPS) is 11.0. The predicted octanol–water partition coefficient (Wildman–Crippen LogP) is 2.44. The molecular formula is C15H10N4O2. The van der Waals surface area contributed by atoms with E-state index < -0.39 is 5.91 Å². The number of anilines is 1. The third kappa shape index (κ3) is 2.28. The zero-order valence-corrected chi connectivity index (χ0v) is 10.9. The molecule has 0 saturated heterocycles. The Bertz CT molecular complexity index is 863. The molecule has 0 unspecified atom stereocenters. The van der Waals surface area contributed by atoms with Crippen molar-refractivity contribution in [2.24, 2.45) is 0 Å². The Balaban J connectivity index is 1.86. The number of nitrogens with zero attached hydrogens (tertiary/aromatic N) is 3. The number of carbonyl (C=O) groups is 1. The molecule has 0 saturated carbocycles. The third-order valence-electron chi connectivity index (χ3n) is 2.97. The predicted molar refractivity (Wildman–Crippen MR) is 77.2 cm³/mol. The summed E-state index contributed by atoms with van der Waals surface area (Å²) in [6, 6.07) is 11.2. The van der Waals surface area contributed by atoms with Crippen LogP contribution in [0.4, 0.5) is 5.82 Å². The Hall–Kier alpha value is -3.33. The summed E-state index contributed by atoms with van der Waals surface area (Å²) in [4.78, 5) is 12.0. The maximum Gasteiger partial charge on any atom is 0.272 e. The van der Waals surface area contributed by atoms with Crippen LogP contribution >= 0.6 is 0 Å². The Labute approximate surface area is 119 Å². The summed E-state index contributed by atoms with van der Waals surface area (Å²) in [5.74, 6) is 0.127. The van der Waals surface area contributed by atoms with Gasteiger partial charge in [-0.15, -0.1) is 0 Å². The number of hydrogen-bond donors (Lipinski definition) is 1. The second-order valence-corrected chi connectivity index (χ2v) is 4.33. The number of aromatic nitrogens is 2. The Morgan fingerprint density at radius 2 is 2.24 bits per heavy atom. The minimum absolute atomic E-state index is 0.0248. The molecule has 0 spiro atoms. The van der Waals surface area contributed by atoms with Crippen molar-refractivity contribution < 1.29 is 9.21 Å². The molecule has 6 heteroatoms. The van der Waals surface area contributed by atoms with Gasteiger partial charge >= 0.3 is 0 Å². The molecule has 0 bridgehead atoms. The lowest BCUT2D eigenvalue weighted by molar-refractivity contribution is 0.0958. The molecule has 21 heavy (non-hydrogen) atoms. The average molecular weight is 278 g/mol. The summed E-state index contributed by atoms with van der Waals surface area (Å²) < 4.78 is 6.53. The number of nitrogens with two attached hydrogens (primary N) is 1. The van der Waals surface area contributed by atoms with Crippen molar-refractivity contribution in [3.05, 3.63) is 53.9 Å². The second-order valence-electron chi connectivity index (χ2n) is 4.33. The van der Waals surface area contributed by atoms with Gasteiger partial charge in [0.1, 0.15) is 28.8 Å². The largest absolute Gasteiger partial charge is 0.457 e. The Morgan fingerprint density at radius 3 is 2.95 bits per heavy atom. The van der Waals surface area contributed by atoms with Gasteiger partial charge < -0.3 is 10.2 Å². The van der Waals surface area contributed by atoms with Crippen molar-refractivity contribution in [2.75, 3.05) is 5.73 Å². The topological polar surface area (TPSA) is 97.8 Å². The smallest absolute Gasteiger partial charge is 0.272 e. The van der Waals surface area contributed by atoms with E-state index in [9.17, 15) is 4.79 Å². The van der Waals surface area contributed by atoms with Crippen molar-refractivity contribution in [3.63, 3.8) is 0 Å². The molecule has 3 rings (SSSR count). The molecule has 1 aromatic carbocycles. The van der Waals surface area contributed by atoms with Gasteiger partial charge in [0.05, 0.1) is 6.20 Å². The van der Waals surface area contributed by atoms with E-state index >= 15 is 0 Å². The van der Waals surface area contributed by atoms with Crippen molar-refractivity contribution in [1.82, 2.24) is 9.78 Å². The molecule has 6 nitrogen and oxygen atoms in total. The highest BCUT2D eigenvalue weighted by Gasteiger charge is 2.11. The molecular weight excluding hydrogens is 268 g/mol. The van der Waals surface area contributed by atoms with Crippen LogP contribution in [0.1, 0.15) is 16.1 Å². The zero-order chi connectivity index (χ0) is 14.8. The number of benzene rings is 1. The maximum absolute atomic E-state index is 12.0. The lowest BCUT2D eigenvalue weighted by atomic mass is 10.2. The first-order valence-electron chi connectivity index (χ1n) is 6.13. The van der Waals surface area contributed by atoms with Gasteiger partial charge in [-0.2, -0.15) is 15.0 Å². The molecule has 102 valence electrons. The Kier molecular flexibility index (Phi) is 3.01. The lowest BCUT2D eigenvalue weighted by Crippen LogP contribution is -2.12. The van der Waals surface area contributed by atoms with E-state index in [2.05, 4.69) is 5.10 Å². The van der Waals surface area contributed by atoms with Gasteiger partial charge in [0.15, 0.2) is 0 Å². The molecule has 0 fully saturated rings. The summed E-state index contributed by atoms with van der Waals surface area (Å²) in [6.07, 6.45) is 4.08. The van der Waals surface area contributed by atoms with Crippen LogP contribution in [0.25, 0.3) is 17.0 Å². The molecule has 2 aromatic heterocycles. The first-order valence-corrected chi connectivity index (χ1v) is 6.13. The van der Waals surface area contributed by atoms with Gasteiger partial charge in [-0.25, -0.2) is 0 Å². The van der Waals surface area contributed by atoms with E-state index in [0.29, 0.717) is 5.76 Å². The van der Waals surface area contributed by atoms with Crippen LogP contribution in [0.3, 0.4) is 0 Å². The van der Waals surface area contributed by atoms with E-state index in [1.54, 1.807) is 0 Å². The van der Waals surface area contributed by atoms with Crippen LogP contribution < -0.4 is 5.73 Å². The summed E-state index contributed by atoms with van der Waals surface area (Å²) in [5, 5.41) is 13.5. The van der Waals surface area contributed by atoms with Gasteiger partial charge in [-0.1, -0.05) is 18.2 Å². The zero-order valence-electron chi connectivity index (χ0n) is 10.9. The first kappa shape index (κ1) is 12.7. The molecule has 0 radical (unpaired) electrons. The fourth-order valence-electron chi connectivity index (χ4n) is 1.93. The molecule has 0 aliphatic heterocycles. The quantitative estimate of drug-likeness (QED) is 0.726. The van der Waals surface area contributed by atoms with Crippen molar-refractivity contribution in [2.45, 2.75) is 0 Å². The van der Waals surface area contributed by atoms with Crippen LogP contribution in [-0.4, -0.2) is 15.7 Å². The number of allylic oxidation sites excluding steroid dienone is 1. The SMILES string of the molecule is N#Cc1cnn(C(=O)/C=C/c2cc3ccccc3o2)c1N. The van der Waals surface area contributed by atoms with Crippen LogP contribution in [0.2, 0.25) is 0 Å². The van der Waals surface area contributed by atoms with Gasteiger partial charge in [0.25, 0.3) is 5.91 Å². The third-order valence-corrected chi connectivity index (χ3v) is 2.97. The summed E-state index contributed by atoms with van der Waals surface area (Å²) in [6.45, 7) is 0. The van der Waals surface area contributed by atoms with Gasteiger partial charge in [-0.05, 0) is 18.2 Å². The minimum atomic E-state index is -0.450. The maximum atomic E-state index is 12.0. The van der Waals surface area contributed by atoms with Crippen molar-refractivity contribution in [3.8, 4) is 6.07 Å². The number of fused-ring (bicyclic) bond motifs is 1. The monoisotopic (exact) mass is 278 g/mol. The molecule has 0 atom stereocenters. The van der Waals surface area contributed by atoms with E-state index in [-0.39, 0.29) is 11.4 Å². The number of nitrogen functional groups attached to an aromatic ring is 1. The fourth-order valence-corrected chi connectivity index (χ4v) is 1.93. The lowest BCUT2D eigenvalue weighted by Gasteiger charge is -1.96. The van der Waals surface area contributed by atoms with Crippen LogP contribution in [0.5, 0.6) is 0 Å². The minimum Gasteiger partial charge on any atom is -0.457 e. The molecule has 0 aliphatic carbocycles. The fraction of sp³-hybridized carbons (Fsp3) is 0. The van der Waals surface area contributed by atoms with Gasteiger partial charge in [0.2, 0.25) is 0 Å². The first-order chi connectivity index (χ1) is 10.2. The number of para-hydroxylation sites is 1. The summed E-state index contributed by atoms with van der Waals surface area (Å²) in [7, 11) is 0. The van der Waals surface area contributed by atoms with Gasteiger partial charge in [-0.3, -0.25) is 4.79 Å². The van der Waals surface area contributed by atoms with E-state index in [0.717, 1.165) is 15.7 Å². The van der Waals surface area contributed by atoms with Crippen LogP contribution in [-0.2, 0) is 0 Å². The number of hydrogen-bond acceptors (Lipinski definition) is 5. The number of nitriles is 1. The average Bonchev–Trinajstić information content (AvgIpc) is 3.07. The summed E-state index contributed by atoms with van der Waals surface area (Å²) >= 11 is 0. The highest BCUT2D eigenvalue weighted by atomic mass is 16.3. The molecule has 0 aliphatic rings. The molecule has 2 heterocycles. The molecule has 2 N–H and O–H groups in total. The Morgan fingerprint density at radius 1 is 1.43 bits per heavy atom. The van der Waals surface area contributed by atoms with Crippen molar-refractivity contribution in [1.29, 1.82) is 5.26 Å². The van der Waals surface area contributed by atoms with Gasteiger partial charge in [0, 0.05) is 11.5 Å². The molecule has 0 amide bonds. The second kappa shape index (κ2) is 4.98. The number of carbonyl (C=O) groups excluding carboxylic acids is 1. The number of rotatable bonds is 2. The highest BCUT2D eigenvalue weighted by molar-refractivity contribution is 5.95. The highest BCUT2D eigenvalue weighted by Crippen LogP contribution is 2.19. The number of furan rings is 1. The van der Waals surface area contributed by atoms with E-state index in [1.807, 2.05) is 36.4 Å². The van der Waals surface area contributed by atoms with Crippen molar-refractivity contribution >= 4 is 28.8 Å². The summed E-state index contributed by atoms with van der Waals surface area (Å²) in [5.41, 5.74) is 6.56.